The summed E-state index contributed by atoms with van der Waals surface area (Å²) in [5.74, 6) is 0. The zero-order valence-electron chi connectivity index (χ0n) is 7.16. The van der Waals surface area contributed by atoms with Crippen molar-refractivity contribution in [3.63, 3.8) is 0 Å². The first kappa shape index (κ1) is 10.2. The van der Waals surface area contributed by atoms with Crippen molar-refractivity contribution in [2.24, 2.45) is 5.16 Å². The normalized spacial score (nSPS) is 11.7. The topological polar surface area (TPSA) is 32.6 Å². The molecule has 0 saturated heterocycles. The summed E-state index contributed by atoms with van der Waals surface area (Å²) >= 11 is 0. The summed E-state index contributed by atoms with van der Waals surface area (Å²) in [5, 5.41) is 10.9. The Morgan fingerprint density at radius 3 is 2.73 bits per heavy atom. The van der Waals surface area contributed by atoms with Crippen LogP contribution in [-0.2, 0) is 0 Å². The lowest BCUT2D eigenvalue weighted by atomic mass is 10.2. The SMILES string of the molecule is CCCCC/C=C\C/C=N/O. The van der Waals surface area contributed by atoms with E-state index in [2.05, 4.69) is 18.2 Å². The lowest BCUT2D eigenvalue weighted by Crippen LogP contribution is -1.72. The van der Waals surface area contributed by atoms with Crippen LogP contribution < -0.4 is 0 Å². The molecule has 11 heavy (non-hydrogen) atoms. The van der Waals surface area contributed by atoms with Crippen LogP contribution >= 0.6 is 0 Å². The molecule has 0 saturated carbocycles. The van der Waals surface area contributed by atoms with Crippen LogP contribution in [0, 0.1) is 0 Å². The van der Waals surface area contributed by atoms with Crippen molar-refractivity contribution in [2.75, 3.05) is 0 Å². The second-order valence-electron chi connectivity index (χ2n) is 2.50. The third kappa shape index (κ3) is 9.21. The Morgan fingerprint density at radius 2 is 2.09 bits per heavy atom. The molecule has 0 fully saturated rings. The highest BCUT2D eigenvalue weighted by Crippen LogP contribution is 1.99. The summed E-state index contributed by atoms with van der Waals surface area (Å²) in [6.07, 6.45) is 11.4. The molecule has 0 amide bonds. The predicted octanol–water partition coefficient (Wildman–Crippen LogP) is 2.97. The summed E-state index contributed by atoms with van der Waals surface area (Å²) in [4.78, 5) is 0. The molecule has 0 aliphatic rings. The van der Waals surface area contributed by atoms with Crippen molar-refractivity contribution in [3.05, 3.63) is 12.2 Å². The number of nitrogens with zero attached hydrogens (tertiary/aromatic N) is 1. The van der Waals surface area contributed by atoms with Gasteiger partial charge in [-0.15, -0.1) is 5.16 Å². The highest BCUT2D eigenvalue weighted by atomic mass is 16.4. The first-order valence-corrected chi connectivity index (χ1v) is 4.22. The second-order valence-corrected chi connectivity index (χ2v) is 2.50. The van der Waals surface area contributed by atoms with Gasteiger partial charge in [0.15, 0.2) is 0 Å². The van der Waals surface area contributed by atoms with Crippen LogP contribution in [0.3, 0.4) is 0 Å². The van der Waals surface area contributed by atoms with Gasteiger partial charge in [0.25, 0.3) is 0 Å². The van der Waals surface area contributed by atoms with E-state index in [1.165, 1.54) is 25.5 Å². The van der Waals surface area contributed by atoms with Gasteiger partial charge in [0.05, 0.1) is 0 Å². The zero-order chi connectivity index (χ0) is 8.36. The van der Waals surface area contributed by atoms with Gasteiger partial charge in [0, 0.05) is 12.6 Å². The van der Waals surface area contributed by atoms with Gasteiger partial charge < -0.3 is 5.21 Å². The van der Waals surface area contributed by atoms with Gasteiger partial charge in [-0.3, -0.25) is 0 Å². The van der Waals surface area contributed by atoms with E-state index in [-0.39, 0.29) is 0 Å². The molecule has 64 valence electrons. The summed E-state index contributed by atoms with van der Waals surface area (Å²) < 4.78 is 0. The Labute approximate surface area is 68.6 Å². The Kier molecular flexibility index (Phi) is 8.55. The Morgan fingerprint density at radius 1 is 1.27 bits per heavy atom. The molecular formula is C9H17NO. The van der Waals surface area contributed by atoms with E-state index in [4.69, 9.17) is 5.21 Å². The maximum Gasteiger partial charge on any atom is 0.0473 e. The molecule has 0 aliphatic heterocycles. The van der Waals surface area contributed by atoms with Crippen LogP contribution in [0.15, 0.2) is 17.3 Å². The fourth-order valence-corrected chi connectivity index (χ4v) is 0.834. The predicted molar refractivity (Wildman–Crippen MR) is 48.2 cm³/mol. The zero-order valence-corrected chi connectivity index (χ0v) is 7.16. The summed E-state index contributed by atoms with van der Waals surface area (Å²) in [6.45, 7) is 2.20. The molecule has 0 aromatic heterocycles. The van der Waals surface area contributed by atoms with Gasteiger partial charge in [-0.1, -0.05) is 31.9 Å². The van der Waals surface area contributed by atoms with E-state index in [0.29, 0.717) is 0 Å². The fourth-order valence-electron chi connectivity index (χ4n) is 0.834. The lowest BCUT2D eigenvalue weighted by molar-refractivity contribution is 0.321. The lowest BCUT2D eigenvalue weighted by Gasteiger charge is -1.90. The first-order valence-electron chi connectivity index (χ1n) is 4.22. The molecule has 2 nitrogen and oxygen atoms in total. The molecular weight excluding hydrogens is 138 g/mol. The molecule has 2 heteroatoms. The van der Waals surface area contributed by atoms with Crippen LogP contribution in [0.1, 0.15) is 39.0 Å². The fraction of sp³-hybridized carbons (Fsp3) is 0.667. The van der Waals surface area contributed by atoms with Crippen LogP contribution in [0.4, 0.5) is 0 Å². The number of allylic oxidation sites excluding steroid dienone is 2. The molecule has 0 unspecified atom stereocenters. The first-order chi connectivity index (χ1) is 5.41. The van der Waals surface area contributed by atoms with Crippen LogP contribution in [0.25, 0.3) is 0 Å². The van der Waals surface area contributed by atoms with E-state index in [9.17, 15) is 0 Å². The minimum absolute atomic E-state index is 0.739. The third-order valence-electron chi connectivity index (χ3n) is 1.46. The Hall–Kier alpha value is -0.790. The molecule has 0 rings (SSSR count). The van der Waals surface area contributed by atoms with Gasteiger partial charge in [0.1, 0.15) is 0 Å². The van der Waals surface area contributed by atoms with Gasteiger partial charge in [0.2, 0.25) is 0 Å². The van der Waals surface area contributed by atoms with Gasteiger partial charge in [-0.05, 0) is 12.8 Å². The maximum atomic E-state index is 8.04. The molecule has 0 radical (unpaired) electrons. The third-order valence-corrected chi connectivity index (χ3v) is 1.46. The number of rotatable bonds is 6. The Bertz CT molecular complexity index is 119. The molecule has 0 aromatic carbocycles. The molecule has 0 aromatic rings. The number of oxime groups is 1. The molecule has 0 aliphatic carbocycles. The van der Waals surface area contributed by atoms with Crippen LogP contribution in [-0.4, -0.2) is 11.4 Å². The van der Waals surface area contributed by atoms with Crippen molar-refractivity contribution in [3.8, 4) is 0 Å². The minimum Gasteiger partial charge on any atom is -0.411 e. The second kappa shape index (κ2) is 9.21. The van der Waals surface area contributed by atoms with Gasteiger partial charge in [-0.2, -0.15) is 0 Å². The van der Waals surface area contributed by atoms with Crippen molar-refractivity contribution >= 4 is 6.21 Å². The van der Waals surface area contributed by atoms with E-state index in [1.807, 2.05) is 6.08 Å². The highest BCUT2D eigenvalue weighted by Gasteiger charge is 1.80. The molecule has 0 bridgehead atoms. The van der Waals surface area contributed by atoms with Crippen molar-refractivity contribution in [2.45, 2.75) is 39.0 Å². The van der Waals surface area contributed by atoms with Gasteiger partial charge >= 0.3 is 0 Å². The van der Waals surface area contributed by atoms with Crippen molar-refractivity contribution in [1.29, 1.82) is 0 Å². The smallest absolute Gasteiger partial charge is 0.0473 e. The van der Waals surface area contributed by atoms with Crippen LogP contribution in [0.5, 0.6) is 0 Å². The van der Waals surface area contributed by atoms with Gasteiger partial charge in [-0.25, -0.2) is 0 Å². The Balaban J connectivity index is 3.03. The molecule has 1 N–H and O–H groups in total. The average molecular weight is 155 g/mol. The summed E-state index contributed by atoms with van der Waals surface area (Å²) in [6, 6.07) is 0. The van der Waals surface area contributed by atoms with E-state index in [0.717, 1.165) is 12.8 Å². The summed E-state index contributed by atoms with van der Waals surface area (Å²) in [5.41, 5.74) is 0. The number of unbranched alkanes of at least 4 members (excludes halogenated alkanes) is 3. The van der Waals surface area contributed by atoms with E-state index < -0.39 is 0 Å². The number of hydrogen-bond acceptors (Lipinski definition) is 2. The van der Waals surface area contributed by atoms with Crippen molar-refractivity contribution in [1.82, 2.24) is 0 Å². The highest BCUT2D eigenvalue weighted by molar-refractivity contribution is 5.58. The number of hydrogen-bond donors (Lipinski definition) is 1. The summed E-state index contributed by atoms with van der Waals surface area (Å²) in [7, 11) is 0. The molecule has 0 heterocycles. The van der Waals surface area contributed by atoms with E-state index >= 15 is 0 Å². The maximum absolute atomic E-state index is 8.04. The quantitative estimate of drug-likeness (QED) is 0.206. The monoisotopic (exact) mass is 155 g/mol. The standard InChI is InChI=1S/C9H17NO/c1-2-3-4-5-6-7-8-9-10-11/h6-7,9,11H,2-5,8H2,1H3/b7-6-,10-9+. The van der Waals surface area contributed by atoms with Crippen LogP contribution in [0.2, 0.25) is 0 Å². The molecule has 0 spiro atoms. The average Bonchev–Trinajstić information content (AvgIpc) is 2.03. The van der Waals surface area contributed by atoms with E-state index in [1.54, 1.807) is 0 Å². The molecule has 0 atom stereocenters. The minimum atomic E-state index is 0.739. The van der Waals surface area contributed by atoms with Crippen molar-refractivity contribution < 1.29 is 5.21 Å². The largest absolute Gasteiger partial charge is 0.411 e.